The van der Waals surface area contributed by atoms with Gasteiger partial charge < -0.3 is 19.9 Å². The van der Waals surface area contributed by atoms with Crippen molar-refractivity contribution >= 4 is 17.6 Å². The molecule has 0 amide bonds. The van der Waals surface area contributed by atoms with Gasteiger partial charge >= 0.3 is 11.9 Å². The number of rotatable bonds is 5. The van der Waals surface area contributed by atoms with Crippen LogP contribution in [0.5, 0.6) is 5.75 Å². The Hall–Kier alpha value is -2.24. The highest BCUT2D eigenvalue weighted by molar-refractivity contribution is 5.93. The summed E-state index contributed by atoms with van der Waals surface area (Å²) in [4.78, 5) is 22.6. The van der Waals surface area contributed by atoms with E-state index in [1.807, 2.05) is 0 Å². The lowest BCUT2D eigenvalue weighted by Gasteiger charge is -2.09. The summed E-state index contributed by atoms with van der Waals surface area (Å²) >= 11 is 0. The summed E-state index contributed by atoms with van der Waals surface area (Å²) in [7, 11) is 2.71. The van der Waals surface area contributed by atoms with Crippen molar-refractivity contribution in [1.82, 2.24) is 0 Å². The fourth-order valence-corrected chi connectivity index (χ4v) is 1.29. The molecule has 6 nitrogen and oxygen atoms in total. The van der Waals surface area contributed by atoms with Gasteiger partial charge in [-0.3, -0.25) is 4.79 Å². The van der Waals surface area contributed by atoms with Gasteiger partial charge in [-0.2, -0.15) is 0 Å². The van der Waals surface area contributed by atoms with Crippen LogP contribution in [0.1, 0.15) is 16.8 Å². The Balaban J connectivity index is 2.66. The molecule has 0 aliphatic heterocycles. The van der Waals surface area contributed by atoms with Crippen LogP contribution in [0, 0.1) is 0 Å². The van der Waals surface area contributed by atoms with Crippen molar-refractivity contribution in [3.8, 4) is 5.75 Å². The molecule has 1 rings (SSSR count). The smallest absolute Gasteiger partial charge is 0.342 e. The average molecular weight is 253 g/mol. The van der Waals surface area contributed by atoms with Crippen LogP contribution in [-0.4, -0.2) is 32.8 Å². The summed E-state index contributed by atoms with van der Waals surface area (Å²) in [5, 5.41) is 0. The zero-order chi connectivity index (χ0) is 13.5. The molecule has 2 N–H and O–H groups in total. The predicted octanol–water partition coefficient (Wildman–Crippen LogP) is 0.997. The van der Waals surface area contributed by atoms with Crippen molar-refractivity contribution in [2.24, 2.45) is 0 Å². The van der Waals surface area contributed by atoms with E-state index in [0.29, 0.717) is 11.4 Å². The van der Waals surface area contributed by atoms with Crippen molar-refractivity contribution < 1.29 is 23.8 Å². The summed E-state index contributed by atoms with van der Waals surface area (Å²) in [6, 6.07) is 4.65. The van der Waals surface area contributed by atoms with Crippen LogP contribution in [0.25, 0.3) is 0 Å². The second-order valence-electron chi connectivity index (χ2n) is 3.42. The van der Waals surface area contributed by atoms with Gasteiger partial charge in [0.1, 0.15) is 17.9 Å². The predicted molar refractivity (Wildman–Crippen MR) is 64.3 cm³/mol. The second kappa shape index (κ2) is 6.48. The molecule has 0 unspecified atom stereocenters. The molecule has 0 bridgehead atoms. The van der Waals surface area contributed by atoms with Crippen molar-refractivity contribution in [1.29, 1.82) is 0 Å². The Morgan fingerprint density at radius 1 is 1.28 bits per heavy atom. The first-order chi connectivity index (χ1) is 8.58. The zero-order valence-electron chi connectivity index (χ0n) is 10.3. The lowest BCUT2D eigenvalue weighted by molar-refractivity contribution is -0.141. The normalized spacial score (nSPS) is 9.67. The molecule has 0 fully saturated rings. The molecule has 0 saturated heterocycles. The van der Waals surface area contributed by atoms with Crippen molar-refractivity contribution in [2.45, 2.75) is 6.42 Å². The molecule has 1 aromatic carbocycles. The molecule has 0 radical (unpaired) electrons. The van der Waals surface area contributed by atoms with Gasteiger partial charge in [-0.25, -0.2) is 4.79 Å². The summed E-state index contributed by atoms with van der Waals surface area (Å²) in [6.45, 7) is -0.0521. The molecule has 0 aliphatic carbocycles. The molecule has 0 heterocycles. The number of benzene rings is 1. The molecular weight excluding hydrogens is 238 g/mol. The topological polar surface area (TPSA) is 87.9 Å². The van der Waals surface area contributed by atoms with Gasteiger partial charge in [0.25, 0.3) is 0 Å². The largest absolute Gasteiger partial charge is 0.496 e. The monoisotopic (exact) mass is 253 g/mol. The van der Waals surface area contributed by atoms with E-state index in [1.165, 1.54) is 20.3 Å². The van der Waals surface area contributed by atoms with E-state index in [-0.39, 0.29) is 18.6 Å². The third-order valence-corrected chi connectivity index (χ3v) is 2.21. The summed E-state index contributed by atoms with van der Waals surface area (Å²) in [5.74, 6) is -0.669. The molecule has 0 saturated carbocycles. The van der Waals surface area contributed by atoms with E-state index >= 15 is 0 Å². The number of methoxy groups -OCH3 is 2. The highest BCUT2D eigenvalue weighted by Crippen LogP contribution is 2.21. The second-order valence-corrected chi connectivity index (χ2v) is 3.42. The van der Waals surface area contributed by atoms with Gasteiger partial charge in [-0.05, 0) is 18.2 Å². The summed E-state index contributed by atoms with van der Waals surface area (Å²) < 4.78 is 14.4. The Kier molecular flexibility index (Phi) is 4.98. The van der Waals surface area contributed by atoms with Crippen molar-refractivity contribution in [3.05, 3.63) is 23.8 Å². The molecule has 0 aliphatic rings. The van der Waals surface area contributed by atoms with Gasteiger partial charge in [0.2, 0.25) is 0 Å². The van der Waals surface area contributed by atoms with Crippen LogP contribution in [0.15, 0.2) is 18.2 Å². The van der Waals surface area contributed by atoms with Crippen molar-refractivity contribution in [2.75, 3.05) is 26.6 Å². The summed E-state index contributed by atoms with van der Waals surface area (Å²) in [5.41, 5.74) is 6.23. The van der Waals surface area contributed by atoms with Crippen LogP contribution >= 0.6 is 0 Å². The minimum Gasteiger partial charge on any atom is -0.496 e. The van der Waals surface area contributed by atoms with Gasteiger partial charge in [0.15, 0.2) is 0 Å². The molecule has 18 heavy (non-hydrogen) atoms. The van der Waals surface area contributed by atoms with Gasteiger partial charge in [-0.15, -0.1) is 0 Å². The third-order valence-electron chi connectivity index (χ3n) is 2.21. The lowest BCUT2D eigenvalue weighted by Crippen LogP contribution is -2.12. The van der Waals surface area contributed by atoms with Crippen molar-refractivity contribution in [3.63, 3.8) is 0 Å². The Morgan fingerprint density at radius 3 is 2.61 bits per heavy atom. The molecule has 0 atom stereocenters. The van der Waals surface area contributed by atoms with E-state index in [0.717, 1.165) is 0 Å². The number of esters is 2. The highest BCUT2D eigenvalue weighted by Gasteiger charge is 2.14. The Morgan fingerprint density at radius 2 is 2.00 bits per heavy atom. The first-order valence-corrected chi connectivity index (χ1v) is 5.26. The van der Waals surface area contributed by atoms with E-state index in [4.69, 9.17) is 15.2 Å². The van der Waals surface area contributed by atoms with E-state index < -0.39 is 11.9 Å². The number of carbonyl (C=O) groups is 2. The van der Waals surface area contributed by atoms with E-state index in [9.17, 15) is 9.59 Å². The van der Waals surface area contributed by atoms with Crippen LogP contribution < -0.4 is 10.5 Å². The standard InChI is InChI=1S/C12H15NO5/c1-16-10-4-3-8(13)7-9(10)12(15)18-6-5-11(14)17-2/h3-4,7H,5-6,13H2,1-2H3. The van der Waals surface area contributed by atoms with Gasteiger partial charge in [0, 0.05) is 5.69 Å². The lowest BCUT2D eigenvalue weighted by atomic mass is 10.2. The molecule has 6 heteroatoms. The highest BCUT2D eigenvalue weighted by atomic mass is 16.5. The quantitative estimate of drug-likeness (QED) is 0.622. The first kappa shape index (κ1) is 13.8. The van der Waals surface area contributed by atoms with E-state index in [2.05, 4.69) is 4.74 Å². The third kappa shape index (κ3) is 3.65. The number of hydrogen-bond donors (Lipinski definition) is 1. The fraction of sp³-hybridized carbons (Fsp3) is 0.333. The first-order valence-electron chi connectivity index (χ1n) is 5.26. The fourth-order valence-electron chi connectivity index (χ4n) is 1.29. The minimum atomic E-state index is -0.594. The van der Waals surface area contributed by atoms with Crippen LogP contribution in [-0.2, 0) is 14.3 Å². The minimum absolute atomic E-state index is 0.00682. The number of ether oxygens (including phenoxy) is 3. The SMILES string of the molecule is COC(=O)CCOC(=O)c1cc(N)ccc1OC. The van der Waals surface area contributed by atoms with Crippen LogP contribution in [0.2, 0.25) is 0 Å². The van der Waals surface area contributed by atoms with Gasteiger partial charge in [0.05, 0.1) is 20.6 Å². The van der Waals surface area contributed by atoms with E-state index in [1.54, 1.807) is 12.1 Å². The number of anilines is 1. The molecular formula is C12H15NO5. The number of carbonyl (C=O) groups excluding carboxylic acids is 2. The maximum Gasteiger partial charge on any atom is 0.342 e. The Labute approximate surface area is 105 Å². The molecule has 98 valence electrons. The number of nitrogens with two attached hydrogens (primary N) is 1. The molecule has 0 aromatic heterocycles. The molecule has 1 aromatic rings. The number of nitrogen functional groups attached to an aromatic ring is 1. The van der Waals surface area contributed by atoms with Crippen LogP contribution in [0.4, 0.5) is 5.69 Å². The average Bonchev–Trinajstić information content (AvgIpc) is 2.38. The number of hydrogen-bond acceptors (Lipinski definition) is 6. The summed E-state index contributed by atoms with van der Waals surface area (Å²) in [6.07, 6.45) is 0.00682. The maximum atomic E-state index is 11.7. The van der Waals surface area contributed by atoms with Gasteiger partial charge in [-0.1, -0.05) is 0 Å². The molecule has 0 spiro atoms. The van der Waals surface area contributed by atoms with Crippen LogP contribution in [0.3, 0.4) is 0 Å². The zero-order valence-corrected chi connectivity index (χ0v) is 10.3. The maximum absolute atomic E-state index is 11.7. The Bertz CT molecular complexity index is 444.